The van der Waals surface area contributed by atoms with E-state index in [1.165, 1.54) is 0 Å². The molecule has 0 spiro atoms. The highest BCUT2D eigenvalue weighted by Gasteiger charge is 2.45. The number of likely N-dealkylation sites (N-methyl/N-ethyl adjacent to an activating group) is 1. The van der Waals surface area contributed by atoms with Gasteiger partial charge < -0.3 is 14.7 Å². The van der Waals surface area contributed by atoms with Crippen molar-refractivity contribution >= 4 is 5.97 Å². The molecule has 0 amide bonds. The van der Waals surface area contributed by atoms with E-state index >= 15 is 0 Å². The van der Waals surface area contributed by atoms with Crippen molar-refractivity contribution in [3.63, 3.8) is 0 Å². The number of hydrogen-bond acceptors (Lipinski definition) is 4. The fraction of sp³-hybridized carbons (Fsp3) is 0.462. The van der Waals surface area contributed by atoms with Crippen molar-refractivity contribution in [3.05, 3.63) is 35.2 Å². The Hall–Kier alpha value is -1.55. The summed E-state index contributed by atoms with van der Waals surface area (Å²) in [7, 11) is 1.90. The highest BCUT2D eigenvalue weighted by atomic mass is 16.6. The monoisotopic (exact) mass is 235 g/mol. The summed E-state index contributed by atoms with van der Waals surface area (Å²) in [5.41, 5.74) is 1.65. The maximum absolute atomic E-state index is 11.7. The first-order valence-corrected chi connectivity index (χ1v) is 5.66. The Labute approximate surface area is 101 Å². The molecule has 2 aliphatic heterocycles. The van der Waals surface area contributed by atoms with Crippen molar-refractivity contribution in [1.82, 2.24) is 4.90 Å². The van der Waals surface area contributed by atoms with E-state index in [0.717, 1.165) is 17.0 Å². The van der Waals surface area contributed by atoms with Crippen molar-refractivity contribution < 1.29 is 14.6 Å². The lowest BCUT2D eigenvalue weighted by Crippen LogP contribution is -2.47. The summed E-state index contributed by atoms with van der Waals surface area (Å²) in [5.74, 6) is -0.569. The number of cyclic esters (lactones) is 1. The van der Waals surface area contributed by atoms with Crippen molar-refractivity contribution in [2.75, 3.05) is 13.7 Å². The molecule has 0 fully saturated rings. The molecule has 1 atom stereocenters. The van der Waals surface area contributed by atoms with Gasteiger partial charge in [-0.1, -0.05) is 13.5 Å². The molecule has 0 unspecified atom stereocenters. The molecule has 92 valence electrons. The predicted molar refractivity (Wildman–Crippen MR) is 63.9 cm³/mol. The van der Waals surface area contributed by atoms with E-state index in [2.05, 4.69) is 6.58 Å². The predicted octanol–water partition coefficient (Wildman–Crippen LogP) is 1.34. The Morgan fingerprint density at radius 1 is 1.65 bits per heavy atom. The maximum Gasteiger partial charge on any atom is 0.343 e. The van der Waals surface area contributed by atoms with Crippen LogP contribution < -0.4 is 0 Å². The number of allylic oxidation sites excluding steroid dienone is 1. The second-order valence-electron chi connectivity index (χ2n) is 4.47. The highest BCUT2D eigenvalue weighted by molar-refractivity contribution is 5.87. The van der Waals surface area contributed by atoms with Gasteiger partial charge in [0.1, 0.15) is 6.61 Å². The SMILES string of the molecule is C=C1C2=C(C=C(C)N1C)[C@@](O)(CC)C(=O)OC2. The van der Waals surface area contributed by atoms with E-state index in [1.54, 1.807) is 6.92 Å². The summed E-state index contributed by atoms with van der Waals surface area (Å²) in [6, 6.07) is 0. The van der Waals surface area contributed by atoms with Crippen LogP contribution in [0.5, 0.6) is 0 Å². The summed E-state index contributed by atoms with van der Waals surface area (Å²) in [4.78, 5) is 13.6. The Balaban J connectivity index is 2.60. The van der Waals surface area contributed by atoms with E-state index in [0.29, 0.717) is 12.0 Å². The number of nitrogens with zero attached hydrogens (tertiary/aromatic N) is 1. The molecule has 17 heavy (non-hydrogen) atoms. The molecule has 0 saturated heterocycles. The molecule has 0 aromatic carbocycles. The van der Waals surface area contributed by atoms with Crippen LogP contribution in [0, 0.1) is 0 Å². The minimum atomic E-state index is -1.53. The molecule has 2 heterocycles. The second-order valence-corrected chi connectivity index (χ2v) is 4.47. The zero-order chi connectivity index (χ0) is 12.8. The number of hydrogen-bond donors (Lipinski definition) is 1. The maximum atomic E-state index is 11.7. The molecule has 2 aliphatic rings. The average Bonchev–Trinajstić information content (AvgIpc) is 2.32. The normalized spacial score (nSPS) is 28.9. The van der Waals surface area contributed by atoms with E-state index in [-0.39, 0.29) is 6.61 Å². The van der Waals surface area contributed by atoms with Crippen LogP contribution in [0.15, 0.2) is 35.2 Å². The summed E-state index contributed by atoms with van der Waals surface area (Å²) in [5, 5.41) is 10.4. The first-order chi connectivity index (χ1) is 7.91. The highest BCUT2D eigenvalue weighted by Crippen LogP contribution is 2.38. The lowest BCUT2D eigenvalue weighted by Gasteiger charge is -2.39. The zero-order valence-electron chi connectivity index (χ0n) is 10.4. The van der Waals surface area contributed by atoms with Crippen molar-refractivity contribution in [3.8, 4) is 0 Å². The van der Waals surface area contributed by atoms with Crippen LogP contribution in [-0.4, -0.2) is 35.2 Å². The van der Waals surface area contributed by atoms with Gasteiger partial charge in [-0.05, 0) is 19.4 Å². The molecule has 4 nitrogen and oxygen atoms in total. The van der Waals surface area contributed by atoms with E-state index in [4.69, 9.17) is 4.74 Å². The summed E-state index contributed by atoms with van der Waals surface area (Å²) in [6.45, 7) is 7.85. The molecule has 0 aromatic heterocycles. The van der Waals surface area contributed by atoms with Crippen LogP contribution in [0.2, 0.25) is 0 Å². The Bertz CT molecular complexity index is 461. The third-order valence-corrected chi connectivity index (χ3v) is 3.60. The van der Waals surface area contributed by atoms with Crippen LogP contribution in [0.25, 0.3) is 0 Å². The summed E-state index contributed by atoms with van der Waals surface area (Å²) >= 11 is 0. The van der Waals surface area contributed by atoms with Gasteiger partial charge in [-0.15, -0.1) is 0 Å². The molecule has 1 N–H and O–H groups in total. The molecular weight excluding hydrogens is 218 g/mol. The topological polar surface area (TPSA) is 49.8 Å². The minimum Gasteiger partial charge on any atom is -0.458 e. The van der Waals surface area contributed by atoms with Gasteiger partial charge in [0.2, 0.25) is 0 Å². The second kappa shape index (κ2) is 3.74. The van der Waals surface area contributed by atoms with Crippen LogP contribution in [0.3, 0.4) is 0 Å². The van der Waals surface area contributed by atoms with E-state index < -0.39 is 11.6 Å². The fourth-order valence-corrected chi connectivity index (χ4v) is 2.20. The first-order valence-electron chi connectivity index (χ1n) is 5.66. The number of ether oxygens (including phenoxy) is 1. The molecule has 0 radical (unpaired) electrons. The summed E-state index contributed by atoms with van der Waals surface area (Å²) < 4.78 is 5.04. The van der Waals surface area contributed by atoms with Gasteiger partial charge in [0.05, 0.1) is 0 Å². The Kier molecular flexibility index (Phi) is 2.62. The zero-order valence-corrected chi connectivity index (χ0v) is 10.4. The standard InChI is InChI=1S/C13H17NO3/c1-5-13(16)11-6-8(2)14(4)9(3)10(11)7-17-12(13)15/h6,16H,3,5,7H2,1-2,4H3/t13-/m0/s1. The van der Waals surface area contributed by atoms with Gasteiger partial charge in [0.25, 0.3) is 0 Å². The van der Waals surface area contributed by atoms with Gasteiger partial charge in [-0.2, -0.15) is 0 Å². The van der Waals surface area contributed by atoms with Crippen molar-refractivity contribution in [1.29, 1.82) is 0 Å². The first kappa shape index (κ1) is 11.9. The molecule has 4 heteroatoms. The number of rotatable bonds is 1. The Morgan fingerprint density at radius 2 is 2.29 bits per heavy atom. The smallest absolute Gasteiger partial charge is 0.343 e. The largest absolute Gasteiger partial charge is 0.458 e. The van der Waals surface area contributed by atoms with Crippen LogP contribution in [0.4, 0.5) is 0 Å². The number of carbonyl (C=O) groups excluding carboxylic acids is 1. The molecule has 0 aromatic rings. The van der Waals surface area contributed by atoms with E-state index in [1.807, 2.05) is 24.9 Å². The number of carbonyl (C=O) groups is 1. The molecule has 2 rings (SSSR count). The van der Waals surface area contributed by atoms with Gasteiger partial charge in [-0.3, -0.25) is 0 Å². The van der Waals surface area contributed by atoms with Crippen LogP contribution in [0.1, 0.15) is 20.3 Å². The quantitative estimate of drug-likeness (QED) is 0.697. The van der Waals surface area contributed by atoms with Gasteiger partial charge in [-0.25, -0.2) is 4.79 Å². The molecule has 0 saturated carbocycles. The lowest BCUT2D eigenvalue weighted by molar-refractivity contribution is -0.162. The van der Waals surface area contributed by atoms with Gasteiger partial charge in [0.15, 0.2) is 5.60 Å². The fourth-order valence-electron chi connectivity index (χ4n) is 2.20. The van der Waals surface area contributed by atoms with E-state index in [9.17, 15) is 9.90 Å². The van der Waals surface area contributed by atoms with Crippen LogP contribution >= 0.6 is 0 Å². The molecule has 0 aliphatic carbocycles. The number of esters is 1. The Morgan fingerprint density at radius 3 is 2.88 bits per heavy atom. The average molecular weight is 235 g/mol. The van der Waals surface area contributed by atoms with Crippen LogP contribution in [-0.2, 0) is 9.53 Å². The third-order valence-electron chi connectivity index (χ3n) is 3.60. The summed E-state index contributed by atoms with van der Waals surface area (Å²) in [6.07, 6.45) is 2.14. The van der Waals surface area contributed by atoms with Crippen molar-refractivity contribution in [2.24, 2.45) is 0 Å². The molecular formula is C13H17NO3. The van der Waals surface area contributed by atoms with Crippen molar-refractivity contribution in [2.45, 2.75) is 25.9 Å². The minimum absolute atomic E-state index is 0.184. The van der Waals surface area contributed by atoms with Gasteiger partial charge in [0, 0.05) is 29.6 Å². The van der Waals surface area contributed by atoms with Gasteiger partial charge >= 0.3 is 5.97 Å². The lowest BCUT2D eigenvalue weighted by atomic mass is 9.82. The number of aliphatic hydroxyl groups is 1. The molecule has 0 bridgehead atoms. The third kappa shape index (κ3) is 1.52.